The number of carbonyl (C=O) groups excluding carboxylic acids is 2. The predicted octanol–water partition coefficient (Wildman–Crippen LogP) is 3.45. The fourth-order valence-corrected chi connectivity index (χ4v) is 3.05. The number of hydrogen-bond donors (Lipinski definition) is 2. The molecule has 0 spiro atoms. The number of amides is 2. The van der Waals surface area contributed by atoms with Gasteiger partial charge < -0.3 is 10.6 Å². The van der Waals surface area contributed by atoms with Crippen LogP contribution in [-0.2, 0) is 11.3 Å². The fourth-order valence-electron chi connectivity index (χ4n) is 3.05. The average Bonchev–Trinajstić information content (AvgIpc) is 3.08. The molecule has 0 saturated heterocycles. The Bertz CT molecular complexity index is 1010. The molecule has 0 radical (unpaired) electrons. The molecule has 0 bridgehead atoms. The van der Waals surface area contributed by atoms with Crippen molar-refractivity contribution in [3.8, 4) is 5.69 Å². The van der Waals surface area contributed by atoms with E-state index in [0.29, 0.717) is 12.1 Å². The topological polar surface area (TPSA) is 76.0 Å². The minimum absolute atomic E-state index is 0.0998. The molecule has 29 heavy (non-hydrogen) atoms. The Balaban J connectivity index is 1.68. The molecule has 1 aromatic heterocycles. The molecule has 150 valence electrons. The van der Waals surface area contributed by atoms with Crippen LogP contribution in [0.4, 0.5) is 4.39 Å². The van der Waals surface area contributed by atoms with Crippen LogP contribution in [-0.4, -0.2) is 21.6 Å². The number of benzene rings is 2. The molecule has 2 amide bonds. The number of rotatable bonds is 6. The van der Waals surface area contributed by atoms with Gasteiger partial charge in [0.2, 0.25) is 5.91 Å². The zero-order chi connectivity index (χ0) is 21.0. The van der Waals surface area contributed by atoms with Crippen LogP contribution in [0.1, 0.15) is 47.1 Å². The smallest absolute Gasteiger partial charge is 0.251 e. The van der Waals surface area contributed by atoms with Gasteiger partial charge in [0.1, 0.15) is 5.82 Å². The Morgan fingerprint density at radius 1 is 1.10 bits per heavy atom. The van der Waals surface area contributed by atoms with Gasteiger partial charge in [0.15, 0.2) is 0 Å². The van der Waals surface area contributed by atoms with E-state index in [2.05, 4.69) is 15.7 Å². The van der Waals surface area contributed by atoms with Crippen molar-refractivity contribution in [1.29, 1.82) is 0 Å². The maximum absolute atomic E-state index is 13.1. The molecule has 0 aliphatic heterocycles. The minimum atomic E-state index is -0.303. The first-order valence-electron chi connectivity index (χ1n) is 9.30. The summed E-state index contributed by atoms with van der Waals surface area (Å²) < 4.78 is 14.9. The second-order valence-electron chi connectivity index (χ2n) is 6.88. The van der Waals surface area contributed by atoms with Crippen LogP contribution in [0.2, 0.25) is 0 Å². The number of aromatic nitrogens is 2. The lowest BCUT2D eigenvalue weighted by Crippen LogP contribution is -2.27. The summed E-state index contributed by atoms with van der Waals surface area (Å²) in [4.78, 5) is 23.6. The van der Waals surface area contributed by atoms with Crippen molar-refractivity contribution in [1.82, 2.24) is 20.4 Å². The molecule has 1 unspecified atom stereocenters. The van der Waals surface area contributed by atoms with Crippen molar-refractivity contribution in [2.45, 2.75) is 33.4 Å². The van der Waals surface area contributed by atoms with Gasteiger partial charge in [0.25, 0.3) is 5.91 Å². The highest BCUT2D eigenvalue weighted by Gasteiger charge is 2.17. The summed E-state index contributed by atoms with van der Waals surface area (Å²) in [5.74, 6) is -0.600. The molecule has 2 aromatic carbocycles. The summed E-state index contributed by atoms with van der Waals surface area (Å²) >= 11 is 0. The van der Waals surface area contributed by atoms with E-state index in [1.807, 2.05) is 26.0 Å². The molecule has 1 atom stereocenters. The lowest BCUT2D eigenvalue weighted by Gasteiger charge is -2.14. The Morgan fingerprint density at radius 3 is 2.38 bits per heavy atom. The molecule has 6 nitrogen and oxygen atoms in total. The van der Waals surface area contributed by atoms with Crippen LogP contribution in [0.5, 0.6) is 0 Å². The number of carbonyl (C=O) groups is 2. The highest BCUT2D eigenvalue weighted by molar-refractivity contribution is 5.94. The van der Waals surface area contributed by atoms with E-state index in [9.17, 15) is 14.0 Å². The third-order valence-electron chi connectivity index (χ3n) is 4.69. The molecule has 2 N–H and O–H groups in total. The van der Waals surface area contributed by atoms with Crippen LogP contribution in [0.15, 0.2) is 54.7 Å². The fraction of sp³-hybridized carbons (Fsp3) is 0.227. The third kappa shape index (κ3) is 4.87. The van der Waals surface area contributed by atoms with E-state index in [0.717, 1.165) is 22.5 Å². The van der Waals surface area contributed by atoms with Crippen molar-refractivity contribution in [3.63, 3.8) is 0 Å². The molecule has 0 aliphatic carbocycles. The lowest BCUT2D eigenvalue weighted by atomic mass is 10.1. The summed E-state index contributed by atoms with van der Waals surface area (Å²) in [6.07, 6.45) is 1.71. The van der Waals surface area contributed by atoms with E-state index < -0.39 is 0 Å². The second kappa shape index (κ2) is 8.68. The summed E-state index contributed by atoms with van der Waals surface area (Å²) in [6, 6.07) is 12.9. The van der Waals surface area contributed by atoms with Crippen molar-refractivity contribution in [3.05, 3.63) is 82.9 Å². The van der Waals surface area contributed by atoms with Crippen LogP contribution < -0.4 is 10.6 Å². The van der Waals surface area contributed by atoms with Gasteiger partial charge in [-0.25, -0.2) is 9.07 Å². The zero-order valence-electron chi connectivity index (χ0n) is 16.6. The molecule has 7 heteroatoms. The summed E-state index contributed by atoms with van der Waals surface area (Å²) in [5, 5.41) is 10.1. The number of nitrogens with zero attached hydrogens (tertiary/aromatic N) is 2. The maximum atomic E-state index is 13.1. The number of halogens is 1. The van der Waals surface area contributed by atoms with Gasteiger partial charge in [-0.3, -0.25) is 9.59 Å². The molecule has 3 rings (SSSR count). The normalized spacial score (nSPS) is 11.7. The van der Waals surface area contributed by atoms with Crippen molar-refractivity contribution >= 4 is 11.8 Å². The van der Waals surface area contributed by atoms with Crippen molar-refractivity contribution < 1.29 is 14.0 Å². The van der Waals surface area contributed by atoms with Crippen molar-refractivity contribution in [2.75, 3.05) is 0 Å². The van der Waals surface area contributed by atoms with Gasteiger partial charge in [0, 0.05) is 30.3 Å². The van der Waals surface area contributed by atoms with Crippen LogP contribution >= 0.6 is 0 Å². The molecule has 0 saturated carbocycles. The largest absolute Gasteiger partial charge is 0.352 e. The van der Waals surface area contributed by atoms with Gasteiger partial charge in [-0.2, -0.15) is 5.10 Å². The first kappa shape index (κ1) is 20.3. The van der Waals surface area contributed by atoms with Gasteiger partial charge in [-0.15, -0.1) is 0 Å². The number of hydrogen-bond acceptors (Lipinski definition) is 3. The Kier molecular flexibility index (Phi) is 6.07. The quantitative estimate of drug-likeness (QED) is 0.672. The highest BCUT2D eigenvalue weighted by atomic mass is 19.1. The summed E-state index contributed by atoms with van der Waals surface area (Å²) in [5.41, 5.74) is 3.96. The van der Waals surface area contributed by atoms with Gasteiger partial charge in [-0.05, 0) is 55.8 Å². The monoisotopic (exact) mass is 394 g/mol. The first-order valence-corrected chi connectivity index (χ1v) is 9.30. The average molecular weight is 394 g/mol. The Morgan fingerprint density at radius 2 is 1.76 bits per heavy atom. The minimum Gasteiger partial charge on any atom is -0.352 e. The predicted molar refractivity (Wildman–Crippen MR) is 108 cm³/mol. The lowest BCUT2D eigenvalue weighted by molar-refractivity contribution is -0.119. The molecule has 0 fully saturated rings. The van der Waals surface area contributed by atoms with E-state index >= 15 is 0 Å². The summed E-state index contributed by atoms with van der Waals surface area (Å²) in [6.45, 7) is 5.69. The van der Waals surface area contributed by atoms with E-state index in [1.54, 1.807) is 35.1 Å². The Hall–Kier alpha value is -3.48. The summed E-state index contributed by atoms with van der Waals surface area (Å²) in [7, 11) is 0. The highest BCUT2D eigenvalue weighted by Crippen LogP contribution is 2.21. The van der Waals surface area contributed by atoms with Crippen molar-refractivity contribution in [2.24, 2.45) is 0 Å². The van der Waals surface area contributed by atoms with Gasteiger partial charge in [-0.1, -0.05) is 12.1 Å². The van der Waals surface area contributed by atoms with Crippen LogP contribution in [0.25, 0.3) is 5.69 Å². The molecular formula is C22H23FN4O2. The van der Waals surface area contributed by atoms with Crippen LogP contribution in [0.3, 0.4) is 0 Å². The van der Waals surface area contributed by atoms with Gasteiger partial charge in [0.05, 0.1) is 17.9 Å². The second-order valence-corrected chi connectivity index (χ2v) is 6.88. The maximum Gasteiger partial charge on any atom is 0.251 e. The van der Waals surface area contributed by atoms with Gasteiger partial charge >= 0.3 is 0 Å². The SMILES string of the molecule is CC(=O)NCc1ccc(C(=O)NC(C)c2cnn(-c3ccc(F)cc3)c2C)cc1. The van der Waals surface area contributed by atoms with E-state index in [1.165, 1.54) is 19.1 Å². The van der Waals surface area contributed by atoms with E-state index in [4.69, 9.17) is 0 Å². The number of nitrogens with one attached hydrogen (secondary N) is 2. The Labute approximate surface area is 168 Å². The van der Waals surface area contributed by atoms with E-state index in [-0.39, 0.29) is 23.7 Å². The molecule has 1 heterocycles. The molecule has 3 aromatic rings. The zero-order valence-corrected chi connectivity index (χ0v) is 16.6. The molecule has 0 aliphatic rings. The molecular weight excluding hydrogens is 371 g/mol. The van der Waals surface area contributed by atoms with Crippen LogP contribution in [0, 0.1) is 12.7 Å². The third-order valence-corrected chi connectivity index (χ3v) is 4.69. The standard InChI is InChI=1S/C22H23FN4O2/c1-14(21-13-25-27(15(21)2)20-10-8-19(23)9-11-20)26-22(29)18-6-4-17(5-7-18)12-24-16(3)28/h4-11,13-14H,12H2,1-3H3,(H,24,28)(H,26,29). The first-order chi connectivity index (χ1) is 13.8.